The molecule has 2 heterocycles. The summed E-state index contributed by atoms with van der Waals surface area (Å²) in [5, 5.41) is 9.71. The molecule has 2 aromatic rings. The van der Waals surface area contributed by atoms with Crippen LogP contribution in [0.1, 0.15) is 0 Å². The summed E-state index contributed by atoms with van der Waals surface area (Å²) in [6.45, 7) is -1.49. The van der Waals surface area contributed by atoms with Crippen molar-refractivity contribution in [2.75, 3.05) is 5.32 Å². The molecule has 10 heteroatoms. The monoisotopic (exact) mass is 307 g/mol. The molecule has 0 unspecified atom stereocenters. The number of anilines is 2. The highest BCUT2D eigenvalue weighted by Crippen LogP contribution is 2.22. The molecule has 20 heavy (non-hydrogen) atoms. The number of rotatable bonds is 3. The lowest BCUT2D eigenvalue weighted by Gasteiger charge is -2.10. The largest absolute Gasteiger partial charge is 0.408 e. The SMILES string of the molecule is Cn1cc(Nc2cnn(CC(F)(F)F)c(=O)c2Cl)cn1. The highest BCUT2D eigenvalue weighted by molar-refractivity contribution is 6.33. The van der Waals surface area contributed by atoms with Crippen LogP contribution in [0.2, 0.25) is 5.02 Å². The molecule has 0 radical (unpaired) electrons. The van der Waals surface area contributed by atoms with Gasteiger partial charge >= 0.3 is 6.18 Å². The molecule has 0 fully saturated rings. The summed E-state index contributed by atoms with van der Waals surface area (Å²) in [7, 11) is 1.69. The van der Waals surface area contributed by atoms with E-state index in [9.17, 15) is 18.0 Å². The van der Waals surface area contributed by atoms with E-state index in [-0.39, 0.29) is 15.4 Å². The van der Waals surface area contributed by atoms with Gasteiger partial charge in [-0.3, -0.25) is 9.48 Å². The first kappa shape index (κ1) is 14.4. The highest BCUT2D eigenvalue weighted by atomic mass is 35.5. The van der Waals surface area contributed by atoms with Crippen molar-refractivity contribution >= 4 is 23.0 Å². The molecule has 6 nitrogen and oxygen atoms in total. The number of aromatic nitrogens is 4. The molecular weight excluding hydrogens is 299 g/mol. The van der Waals surface area contributed by atoms with E-state index in [0.29, 0.717) is 5.69 Å². The summed E-state index contributed by atoms with van der Waals surface area (Å²) in [5.74, 6) is 0. The van der Waals surface area contributed by atoms with Crippen LogP contribution >= 0.6 is 11.6 Å². The fourth-order valence-corrected chi connectivity index (χ4v) is 1.67. The van der Waals surface area contributed by atoms with Crippen LogP contribution in [0.15, 0.2) is 23.4 Å². The third-order valence-electron chi connectivity index (χ3n) is 2.30. The zero-order valence-corrected chi connectivity index (χ0v) is 10.9. The van der Waals surface area contributed by atoms with Gasteiger partial charge in [0.1, 0.15) is 11.6 Å². The Hall–Kier alpha value is -2.03. The van der Waals surface area contributed by atoms with Gasteiger partial charge in [-0.1, -0.05) is 11.6 Å². The molecule has 0 saturated carbocycles. The number of alkyl halides is 3. The van der Waals surface area contributed by atoms with Gasteiger partial charge in [-0.2, -0.15) is 23.4 Å². The predicted octanol–water partition coefficient (Wildman–Crippen LogP) is 1.94. The molecule has 0 bridgehead atoms. The van der Waals surface area contributed by atoms with Crippen molar-refractivity contribution in [2.45, 2.75) is 12.7 Å². The Kier molecular flexibility index (Phi) is 3.71. The molecule has 0 spiro atoms. The van der Waals surface area contributed by atoms with Gasteiger partial charge in [-0.15, -0.1) is 0 Å². The molecule has 0 aliphatic heterocycles. The van der Waals surface area contributed by atoms with Crippen LogP contribution < -0.4 is 10.9 Å². The van der Waals surface area contributed by atoms with Gasteiger partial charge in [0.2, 0.25) is 0 Å². The van der Waals surface area contributed by atoms with Gasteiger partial charge in [0, 0.05) is 13.2 Å². The van der Waals surface area contributed by atoms with Crippen LogP contribution in [-0.2, 0) is 13.6 Å². The molecule has 108 valence electrons. The Bertz CT molecular complexity index is 678. The summed E-state index contributed by atoms with van der Waals surface area (Å²) in [4.78, 5) is 11.7. The number of aryl methyl sites for hydroxylation is 1. The lowest BCUT2D eigenvalue weighted by molar-refractivity contribution is -0.143. The third-order valence-corrected chi connectivity index (χ3v) is 2.66. The summed E-state index contributed by atoms with van der Waals surface area (Å²) in [6, 6.07) is 0. The van der Waals surface area contributed by atoms with E-state index >= 15 is 0 Å². The minimum atomic E-state index is -4.54. The van der Waals surface area contributed by atoms with Crippen molar-refractivity contribution < 1.29 is 13.2 Å². The summed E-state index contributed by atoms with van der Waals surface area (Å²) in [6.07, 6.45) is -0.407. The van der Waals surface area contributed by atoms with Gasteiger partial charge in [0.05, 0.1) is 23.8 Å². The van der Waals surface area contributed by atoms with Crippen LogP contribution in [0.4, 0.5) is 24.5 Å². The molecule has 0 amide bonds. The molecule has 0 atom stereocenters. The first-order valence-electron chi connectivity index (χ1n) is 5.34. The van der Waals surface area contributed by atoms with E-state index in [1.807, 2.05) is 0 Å². The Labute approximate surface area is 115 Å². The quantitative estimate of drug-likeness (QED) is 0.941. The summed E-state index contributed by atoms with van der Waals surface area (Å²) in [5.41, 5.74) is -0.370. The molecule has 2 aromatic heterocycles. The van der Waals surface area contributed by atoms with Crippen molar-refractivity contribution in [1.29, 1.82) is 0 Å². The Morgan fingerprint density at radius 2 is 2.05 bits per heavy atom. The first-order valence-corrected chi connectivity index (χ1v) is 5.72. The Balaban J connectivity index is 2.29. The van der Waals surface area contributed by atoms with E-state index in [0.717, 1.165) is 6.20 Å². The fraction of sp³-hybridized carbons (Fsp3) is 0.300. The number of nitrogens with one attached hydrogen (secondary N) is 1. The molecule has 2 rings (SSSR count). The van der Waals surface area contributed by atoms with Gasteiger partial charge < -0.3 is 5.32 Å². The topological polar surface area (TPSA) is 64.7 Å². The maximum Gasteiger partial charge on any atom is 0.408 e. The highest BCUT2D eigenvalue weighted by Gasteiger charge is 2.29. The van der Waals surface area contributed by atoms with Gasteiger partial charge in [0.25, 0.3) is 5.56 Å². The molecule has 0 aliphatic rings. The normalized spacial score (nSPS) is 11.7. The van der Waals surface area contributed by atoms with Crippen LogP contribution in [0.3, 0.4) is 0 Å². The van der Waals surface area contributed by atoms with Crippen LogP contribution in [0.5, 0.6) is 0 Å². The first-order chi connectivity index (χ1) is 9.26. The lowest BCUT2D eigenvalue weighted by Crippen LogP contribution is -2.30. The summed E-state index contributed by atoms with van der Waals surface area (Å²) >= 11 is 5.75. The second kappa shape index (κ2) is 5.16. The summed E-state index contributed by atoms with van der Waals surface area (Å²) < 4.78 is 38.5. The fourth-order valence-electron chi connectivity index (χ4n) is 1.48. The zero-order valence-electron chi connectivity index (χ0n) is 10.1. The van der Waals surface area contributed by atoms with Gasteiger partial charge in [0.15, 0.2) is 0 Å². The number of nitrogens with zero attached hydrogens (tertiary/aromatic N) is 4. The van der Waals surface area contributed by atoms with E-state index in [1.165, 1.54) is 10.9 Å². The van der Waals surface area contributed by atoms with E-state index in [4.69, 9.17) is 11.6 Å². The van der Waals surface area contributed by atoms with Gasteiger partial charge in [-0.25, -0.2) is 4.68 Å². The van der Waals surface area contributed by atoms with E-state index < -0.39 is 18.3 Å². The minimum Gasteiger partial charge on any atom is -0.350 e. The second-order valence-corrected chi connectivity index (χ2v) is 4.36. The van der Waals surface area contributed by atoms with E-state index in [2.05, 4.69) is 15.5 Å². The third kappa shape index (κ3) is 3.29. The van der Waals surface area contributed by atoms with Crippen LogP contribution in [0.25, 0.3) is 0 Å². The standard InChI is InChI=1S/C10H9ClF3N5O/c1-18-4-6(2-15-18)17-7-3-16-19(5-10(12,13)14)9(20)8(7)11/h2-4,17H,5H2,1H3. The van der Waals surface area contributed by atoms with Crippen molar-refractivity contribution in [3.05, 3.63) is 34.0 Å². The second-order valence-electron chi connectivity index (χ2n) is 3.98. The van der Waals surface area contributed by atoms with Crippen molar-refractivity contribution in [3.8, 4) is 0 Å². The van der Waals surface area contributed by atoms with Crippen molar-refractivity contribution in [1.82, 2.24) is 19.6 Å². The molecule has 1 N–H and O–H groups in total. The van der Waals surface area contributed by atoms with Crippen molar-refractivity contribution in [2.24, 2.45) is 7.05 Å². The Morgan fingerprint density at radius 3 is 2.60 bits per heavy atom. The lowest BCUT2D eigenvalue weighted by atomic mass is 10.4. The smallest absolute Gasteiger partial charge is 0.350 e. The average molecular weight is 308 g/mol. The van der Waals surface area contributed by atoms with Crippen LogP contribution in [0, 0.1) is 0 Å². The molecule has 0 aromatic carbocycles. The molecule has 0 saturated heterocycles. The molecule has 0 aliphatic carbocycles. The Morgan fingerprint density at radius 1 is 1.35 bits per heavy atom. The maximum absolute atomic E-state index is 12.2. The number of halogens is 4. The minimum absolute atomic E-state index is 0.114. The van der Waals surface area contributed by atoms with Gasteiger partial charge in [-0.05, 0) is 0 Å². The van der Waals surface area contributed by atoms with Crippen LogP contribution in [-0.4, -0.2) is 25.7 Å². The van der Waals surface area contributed by atoms with Crippen molar-refractivity contribution in [3.63, 3.8) is 0 Å². The zero-order chi connectivity index (χ0) is 14.9. The number of hydrogen-bond donors (Lipinski definition) is 1. The maximum atomic E-state index is 12.2. The average Bonchev–Trinajstić information content (AvgIpc) is 2.73. The van der Waals surface area contributed by atoms with E-state index in [1.54, 1.807) is 13.2 Å². The molecular formula is C10H9ClF3N5O. The number of hydrogen-bond acceptors (Lipinski definition) is 4. The predicted molar refractivity (Wildman–Crippen MR) is 66.1 cm³/mol.